The van der Waals surface area contributed by atoms with Crippen LogP contribution < -0.4 is 0 Å². The Hall–Kier alpha value is 0.688. The van der Waals surface area contributed by atoms with Crippen LogP contribution in [0.25, 0.3) is 0 Å². The normalized spacial score (nSPS) is 19.2. The van der Waals surface area contributed by atoms with Crippen molar-refractivity contribution in [3.63, 3.8) is 0 Å². The van der Waals surface area contributed by atoms with E-state index in [1.165, 1.54) is 25.7 Å². The quantitative estimate of drug-likeness (QED) is 0.462. The van der Waals surface area contributed by atoms with E-state index in [0.29, 0.717) is 0 Å². The average molecular weight is 152 g/mol. The first-order valence-electron chi connectivity index (χ1n) is 2.00. The standard InChI is InChI=1S/C4H8.Mo/c1-2-4-3-1;/h1-4H2;. The van der Waals surface area contributed by atoms with Gasteiger partial charge in [0.25, 0.3) is 0 Å². The molecule has 0 unspecified atom stereocenters. The monoisotopic (exact) mass is 154 g/mol. The van der Waals surface area contributed by atoms with Crippen LogP contribution in [0.3, 0.4) is 0 Å². The molecule has 1 aliphatic rings. The zero-order valence-electron chi connectivity index (χ0n) is 3.24. The third kappa shape index (κ3) is 1.54. The summed E-state index contributed by atoms with van der Waals surface area (Å²) in [6.45, 7) is 0. The van der Waals surface area contributed by atoms with Crippen molar-refractivity contribution >= 4 is 0 Å². The molecule has 0 aromatic heterocycles. The number of hydrogen-bond acceptors (Lipinski definition) is 0. The predicted molar refractivity (Wildman–Crippen MR) is 18.5 cm³/mol. The first kappa shape index (κ1) is 5.69. The molecule has 5 heavy (non-hydrogen) atoms. The van der Waals surface area contributed by atoms with Crippen molar-refractivity contribution in [3.05, 3.63) is 0 Å². The van der Waals surface area contributed by atoms with E-state index in [-0.39, 0.29) is 21.1 Å². The van der Waals surface area contributed by atoms with Crippen molar-refractivity contribution in [2.24, 2.45) is 0 Å². The van der Waals surface area contributed by atoms with Gasteiger partial charge in [0.2, 0.25) is 0 Å². The summed E-state index contributed by atoms with van der Waals surface area (Å²) in [5.74, 6) is 0. The van der Waals surface area contributed by atoms with Gasteiger partial charge < -0.3 is 0 Å². The molecule has 0 saturated heterocycles. The van der Waals surface area contributed by atoms with Gasteiger partial charge in [-0.1, -0.05) is 25.7 Å². The van der Waals surface area contributed by atoms with Gasteiger partial charge in [-0.05, 0) is 0 Å². The van der Waals surface area contributed by atoms with Crippen molar-refractivity contribution in [2.45, 2.75) is 25.7 Å². The van der Waals surface area contributed by atoms with Gasteiger partial charge >= 0.3 is 0 Å². The summed E-state index contributed by atoms with van der Waals surface area (Å²) in [6, 6.07) is 0. The molecule has 1 aliphatic carbocycles. The van der Waals surface area contributed by atoms with Gasteiger partial charge in [-0.15, -0.1) is 0 Å². The van der Waals surface area contributed by atoms with Crippen LogP contribution >= 0.6 is 0 Å². The van der Waals surface area contributed by atoms with E-state index in [1.807, 2.05) is 0 Å². The summed E-state index contributed by atoms with van der Waals surface area (Å²) in [6.07, 6.45) is 6.00. The summed E-state index contributed by atoms with van der Waals surface area (Å²) in [4.78, 5) is 0. The Morgan fingerprint density at radius 2 is 0.800 bits per heavy atom. The van der Waals surface area contributed by atoms with Gasteiger partial charge in [-0.3, -0.25) is 0 Å². The second kappa shape index (κ2) is 2.90. The molecule has 0 bridgehead atoms. The van der Waals surface area contributed by atoms with Gasteiger partial charge in [0.15, 0.2) is 0 Å². The first-order valence-corrected chi connectivity index (χ1v) is 2.00. The maximum Gasteiger partial charge on any atom is 0 e. The van der Waals surface area contributed by atoms with Crippen LogP contribution in [0.5, 0.6) is 0 Å². The van der Waals surface area contributed by atoms with Crippen molar-refractivity contribution in [1.82, 2.24) is 0 Å². The first-order chi connectivity index (χ1) is 2.00. The van der Waals surface area contributed by atoms with Crippen LogP contribution in [0, 0.1) is 0 Å². The molecule has 0 spiro atoms. The summed E-state index contributed by atoms with van der Waals surface area (Å²) >= 11 is 0. The maximum atomic E-state index is 1.50. The zero-order chi connectivity index (χ0) is 2.83. The molecule has 30 valence electrons. The molecule has 1 saturated carbocycles. The molecule has 0 aliphatic heterocycles. The minimum Gasteiger partial charge on any atom is -0.0533 e. The topological polar surface area (TPSA) is 0 Å². The molecule has 0 radical (unpaired) electrons. The maximum absolute atomic E-state index is 1.50. The Kier molecular flexibility index (Phi) is 3.30. The van der Waals surface area contributed by atoms with E-state index in [2.05, 4.69) is 0 Å². The smallest absolute Gasteiger partial charge is 0 e. The third-order valence-corrected chi connectivity index (χ3v) is 1.000. The summed E-state index contributed by atoms with van der Waals surface area (Å²) in [5.41, 5.74) is 0. The molecule has 0 aromatic rings. The van der Waals surface area contributed by atoms with Gasteiger partial charge in [0.1, 0.15) is 0 Å². The summed E-state index contributed by atoms with van der Waals surface area (Å²) < 4.78 is 0. The van der Waals surface area contributed by atoms with Crippen LogP contribution in [0.15, 0.2) is 0 Å². The molecule has 0 aromatic carbocycles. The Morgan fingerprint density at radius 3 is 0.800 bits per heavy atom. The largest absolute Gasteiger partial charge is 0.0533 e. The number of rotatable bonds is 0. The summed E-state index contributed by atoms with van der Waals surface area (Å²) in [5, 5.41) is 0. The van der Waals surface area contributed by atoms with Crippen molar-refractivity contribution in [3.8, 4) is 0 Å². The van der Waals surface area contributed by atoms with Gasteiger partial charge in [-0.2, -0.15) is 0 Å². The number of hydrogen-bond donors (Lipinski definition) is 0. The Morgan fingerprint density at radius 1 is 0.600 bits per heavy atom. The van der Waals surface area contributed by atoms with E-state index >= 15 is 0 Å². The molecule has 0 heterocycles. The Labute approximate surface area is 47.2 Å². The molecule has 1 rings (SSSR count). The molecule has 0 atom stereocenters. The molecule has 0 nitrogen and oxygen atoms in total. The van der Waals surface area contributed by atoms with Gasteiger partial charge in [0, 0.05) is 21.1 Å². The van der Waals surface area contributed by atoms with Crippen LogP contribution in [-0.4, -0.2) is 0 Å². The van der Waals surface area contributed by atoms with E-state index in [4.69, 9.17) is 0 Å². The molecule has 1 fully saturated rings. The second-order valence-corrected chi connectivity index (χ2v) is 1.41. The Bertz CT molecular complexity index is 11.6. The fourth-order valence-electron chi connectivity index (χ4n) is 0.250. The van der Waals surface area contributed by atoms with Crippen LogP contribution in [0.1, 0.15) is 25.7 Å². The van der Waals surface area contributed by atoms with Crippen LogP contribution in [-0.2, 0) is 21.1 Å². The van der Waals surface area contributed by atoms with Gasteiger partial charge in [-0.25, -0.2) is 0 Å². The van der Waals surface area contributed by atoms with Crippen molar-refractivity contribution < 1.29 is 21.1 Å². The fourth-order valence-corrected chi connectivity index (χ4v) is 0.250. The molecular weight excluding hydrogens is 144 g/mol. The Balaban J connectivity index is 0.000000160. The predicted octanol–water partition coefficient (Wildman–Crippen LogP) is 1.56. The van der Waals surface area contributed by atoms with E-state index in [1.54, 1.807) is 0 Å². The van der Waals surface area contributed by atoms with Crippen LogP contribution in [0.4, 0.5) is 0 Å². The van der Waals surface area contributed by atoms with Crippen molar-refractivity contribution in [2.75, 3.05) is 0 Å². The van der Waals surface area contributed by atoms with Crippen molar-refractivity contribution in [1.29, 1.82) is 0 Å². The zero-order valence-corrected chi connectivity index (χ0v) is 5.24. The third-order valence-electron chi connectivity index (χ3n) is 1.000. The molecule has 0 amide bonds. The van der Waals surface area contributed by atoms with Gasteiger partial charge in [0.05, 0.1) is 0 Å². The van der Waals surface area contributed by atoms with E-state index in [9.17, 15) is 0 Å². The van der Waals surface area contributed by atoms with E-state index in [0.717, 1.165) is 0 Å². The summed E-state index contributed by atoms with van der Waals surface area (Å²) in [7, 11) is 0. The van der Waals surface area contributed by atoms with E-state index < -0.39 is 0 Å². The van der Waals surface area contributed by atoms with Crippen LogP contribution in [0.2, 0.25) is 0 Å². The average Bonchev–Trinajstić information content (AvgIpc) is 0.722. The molecular formula is C4H8Mo. The molecule has 0 N–H and O–H groups in total. The second-order valence-electron chi connectivity index (χ2n) is 1.41. The fraction of sp³-hybridized carbons (Fsp3) is 1.00. The SMILES string of the molecule is C1CCC1.[Mo]. The molecule has 1 heteroatoms. The minimum atomic E-state index is 0. The minimum absolute atomic E-state index is 0.